The van der Waals surface area contributed by atoms with Gasteiger partial charge in [-0.05, 0) is 35.4 Å². The Labute approximate surface area is 212 Å². The first-order valence-corrected chi connectivity index (χ1v) is 12.5. The number of nitrogens with one attached hydrogen (secondary N) is 1. The van der Waals surface area contributed by atoms with E-state index in [1.54, 1.807) is 12.0 Å². The van der Waals surface area contributed by atoms with Crippen LogP contribution in [-0.2, 0) is 4.79 Å². The molecule has 7 heteroatoms. The van der Waals surface area contributed by atoms with E-state index in [2.05, 4.69) is 58.7 Å². The highest BCUT2D eigenvalue weighted by Crippen LogP contribution is 2.29. The third-order valence-corrected chi connectivity index (χ3v) is 7.03. The minimum absolute atomic E-state index is 0.0175. The topological polar surface area (TPSA) is 65.1 Å². The van der Waals surface area contributed by atoms with Crippen molar-refractivity contribution < 1.29 is 14.3 Å². The second-order valence-corrected chi connectivity index (χ2v) is 9.30. The van der Waals surface area contributed by atoms with Gasteiger partial charge in [-0.25, -0.2) is 4.79 Å². The number of benzene rings is 3. The van der Waals surface area contributed by atoms with Crippen molar-refractivity contribution in [2.24, 2.45) is 0 Å². The molecule has 7 nitrogen and oxygen atoms in total. The summed E-state index contributed by atoms with van der Waals surface area (Å²) in [5, 5.41) is 3.09. The molecule has 1 N–H and O–H groups in total. The van der Waals surface area contributed by atoms with Crippen LogP contribution in [0.25, 0.3) is 0 Å². The molecule has 2 saturated heterocycles. The lowest BCUT2D eigenvalue weighted by atomic mass is 9.96. The number of carbonyl (C=O) groups is 2. The average molecular weight is 485 g/mol. The first kappa shape index (κ1) is 23.9. The molecule has 2 aliphatic heterocycles. The molecule has 1 atom stereocenters. The van der Waals surface area contributed by atoms with Crippen molar-refractivity contribution in [3.8, 4) is 5.75 Å². The van der Waals surface area contributed by atoms with Gasteiger partial charge in [0.2, 0.25) is 5.91 Å². The molecule has 2 fully saturated rings. The summed E-state index contributed by atoms with van der Waals surface area (Å²) >= 11 is 0. The quantitative estimate of drug-likeness (QED) is 0.576. The molecule has 2 heterocycles. The molecule has 0 radical (unpaired) electrons. The number of hydrogen-bond acceptors (Lipinski definition) is 4. The molecule has 2 aliphatic rings. The lowest BCUT2D eigenvalue weighted by Gasteiger charge is -2.40. The van der Waals surface area contributed by atoms with Gasteiger partial charge in [0.1, 0.15) is 5.75 Å². The molecule has 5 rings (SSSR count). The zero-order valence-electron chi connectivity index (χ0n) is 20.5. The van der Waals surface area contributed by atoms with E-state index in [0.29, 0.717) is 26.1 Å². The van der Waals surface area contributed by atoms with Gasteiger partial charge < -0.3 is 19.9 Å². The van der Waals surface area contributed by atoms with Crippen LogP contribution in [0, 0.1) is 0 Å². The molecule has 0 unspecified atom stereocenters. The van der Waals surface area contributed by atoms with Crippen molar-refractivity contribution in [1.82, 2.24) is 15.1 Å². The molecule has 36 heavy (non-hydrogen) atoms. The Morgan fingerprint density at radius 1 is 0.861 bits per heavy atom. The second-order valence-electron chi connectivity index (χ2n) is 9.30. The number of piperazine rings is 1. The zero-order chi connectivity index (χ0) is 24.9. The monoisotopic (exact) mass is 484 g/mol. The highest BCUT2D eigenvalue weighted by Gasteiger charge is 2.34. The van der Waals surface area contributed by atoms with Gasteiger partial charge in [0.25, 0.3) is 0 Å². The molecule has 0 spiro atoms. The van der Waals surface area contributed by atoms with Crippen LogP contribution >= 0.6 is 0 Å². The first-order chi connectivity index (χ1) is 17.6. The van der Waals surface area contributed by atoms with E-state index in [0.717, 1.165) is 24.5 Å². The van der Waals surface area contributed by atoms with Gasteiger partial charge in [-0.2, -0.15) is 0 Å². The summed E-state index contributed by atoms with van der Waals surface area (Å²) in [6, 6.07) is 28.3. The number of carbonyl (C=O) groups excluding carboxylic acids is 2. The highest BCUT2D eigenvalue weighted by atomic mass is 16.5. The number of urea groups is 1. The predicted octanol–water partition coefficient (Wildman–Crippen LogP) is 3.92. The van der Waals surface area contributed by atoms with Gasteiger partial charge in [0.05, 0.1) is 19.2 Å². The fourth-order valence-electron chi connectivity index (χ4n) is 5.15. The Balaban J connectivity index is 1.19. The largest absolute Gasteiger partial charge is 0.497 e. The third-order valence-electron chi connectivity index (χ3n) is 7.03. The summed E-state index contributed by atoms with van der Waals surface area (Å²) in [5.41, 5.74) is 3.33. The Bertz CT molecular complexity index is 1120. The van der Waals surface area contributed by atoms with Crippen molar-refractivity contribution in [1.29, 1.82) is 0 Å². The van der Waals surface area contributed by atoms with Gasteiger partial charge in [0.15, 0.2) is 0 Å². The molecular formula is C29H32N4O3. The van der Waals surface area contributed by atoms with Gasteiger partial charge in [0, 0.05) is 44.8 Å². The Kier molecular flexibility index (Phi) is 7.18. The van der Waals surface area contributed by atoms with Crippen molar-refractivity contribution in [2.75, 3.05) is 44.7 Å². The summed E-state index contributed by atoms with van der Waals surface area (Å²) in [4.78, 5) is 31.7. The highest BCUT2D eigenvalue weighted by molar-refractivity contribution is 5.96. The van der Waals surface area contributed by atoms with E-state index in [-0.39, 0.29) is 24.0 Å². The van der Waals surface area contributed by atoms with Gasteiger partial charge in [-0.15, -0.1) is 0 Å². The van der Waals surface area contributed by atoms with Crippen LogP contribution in [0.1, 0.15) is 23.6 Å². The van der Waals surface area contributed by atoms with Gasteiger partial charge >= 0.3 is 6.03 Å². The Morgan fingerprint density at radius 3 is 2.00 bits per heavy atom. The molecule has 0 saturated carbocycles. The average Bonchev–Trinajstić information content (AvgIpc) is 3.30. The molecule has 3 aromatic rings. The standard InChI is InChI=1S/C29H32N4O3/c1-36-26-14-12-25(13-15-26)33-21-24(20-27(33)34)30-29(35)32-18-16-31(17-19-32)28(22-8-4-2-5-9-22)23-10-6-3-7-11-23/h2-15,24,28H,16-21H2,1H3,(H,30,35)/t24-/m0/s1. The summed E-state index contributed by atoms with van der Waals surface area (Å²) in [5.74, 6) is 0.764. The Morgan fingerprint density at radius 2 is 1.44 bits per heavy atom. The van der Waals surface area contributed by atoms with Crippen LogP contribution in [0.3, 0.4) is 0 Å². The minimum Gasteiger partial charge on any atom is -0.497 e. The van der Waals surface area contributed by atoms with E-state index in [4.69, 9.17) is 4.74 Å². The van der Waals surface area contributed by atoms with Crippen molar-refractivity contribution in [3.05, 3.63) is 96.1 Å². The van der Waals surface area contributed by atoms with Crippen LogP contribution < -0.4 is 15.0 Å². The van der Waals surface area contributed by atoms with E-state index >= 15 is 0 Å². The summed E-state index contributed by atoms with van der Waals surface area (Å²) < 4.78 is 5.20. The Hall–Kier alpha value is -3.84. The van der Waals surface area contributed by atoms with E-state index < -0.39 is 0 Å². The van der Waals surface area contributed by atoms with E-state index in [1.807, 2.05) is 41.3 Å². The normalized spacial score (nSPS) is 18.5. The summed E-state index contributed by atoms with van der Waals surface area (Å²) in [6.07, 6.45) is 0.307. The van der Waals surface area contributed by atoms with E-state index in [1.165, 1.54) is 11.1 Å². The van der Waals surface area contributed by atoms with Crippen molar-refractivity contribution in [2.45, 2.75) is 18.5 Å². The molecule has 3 amide bonds. The number of nitrogens with zero attached hydrogens (tertiary/aromatic N) is 3. The number of ether oxygens (including phenoxy) is 1. The van der Waals surface area contributed by atoms with Gasteiger partial charge in [-0.3, -0.25) is 9.69 Å². The predicted molar refractivity (Wildman–Crippen MR) is 140 cm³/mol. The number of rotatable bonds is 6. The number of anilines is 1. The molecule has 0 aliphatic carbocycles. The third kappa shape index (κ3) is 5.21. The second kappa shape index (κ2) is 10.8. The summed E-state index contributed by atoms with van der Waals surface area (Å²) in [6.45, 7) is 3.32. The van der Waals surface area contributed by atoms with Crippen LogP contribution in [0.4, 0.5) is 10.5 Å². The molecule has 0 bridgehead atoms. The lowest BCUT2D eigenvalue weighted by Crippen LogP contribution is -2.54. The van der Waals surface area contributed by atoms with Crippen molar-refractivity contribution in [3.63, 3.8) is 0 Å². The zero-order valence-corrected chi connectivity index (χ0v) is 20.5. The SMILES string of the molecule is COc1ccc(N2C[C@@H](NC(=O)N3CCN(C(c4ccccc4)c4ccccc4)CC3)CC2=O)cc1. The maximum atomic E-state index is 13.1. The van der Waals surface area contributed by atoms with Crippen LogP contribution in [0.2, 0.25) is 0 Å². The van der Waals surface area contributed by atoms with Crippen LogP contribution in [0.15, 0.2) is 84.9 Å². The van der Waals surface area contributed by atoms with Crippen molar-refractivity contribution >= 4 is 17.6 Å². The molecule has 0 aromatic heterocycles. The maximum absolute atomic E-state index is 13.1. The molecule has 3 aromatic carbocycles. The van der Waals surface area contributed by atoms with Gasteiger partial charge in [-0.1, -0.05) is 60.7 Å². The molecular weight excluding hydrogens is 452 g/mol. The lowest BCUT2D eigenvalue weighted by molar-refractivity contribution is -0.117. The van der Waals surface area contributed by atoms with E-state index in [9.17, 15) is 9.59 Å². The fourth-order valence-corrected chi connectivity index (χ4v) is 5.15. The summed E-state index contributed by atoms with van der Waals surface area (Å²) in [7, 11) is 1.62. The number of hydrogen-bond donors (Lipinski definition) is 1. The smallest absolute Gasteiger partial charge is 0.317 e. The van der Waals surface area contributed by atoms with Crippen LogP contribution in [0.5, 0.6) is 5.75 Å². The maximum Gasteiger partial charge on any atom is 0.317 e. The van der Waals surface area contributed by atoms with Crippen LogP contribution in [-0.4, -0.2) is 67.6 Å². The first-order valence-electron chi connectivity index (χ1n) is 12.5. The number of amides is 3. The number of methoxy groups -OCH3 is 1. The fraction of sp³-hybridized carbons (Fsp3) is 0.310. The minimum atomic E-state index is -0.202. The molecule has 186 valence electrons.